The molecule has 0 saturated heterocycles. The summed E-state index contributed by atoms with van der Waals surface area (Å²) in [6.07, 6.45) is 1.23. The van der Waals surface area contributed by atoms with Crippen molar-refractivity contribution in [1.29, 1.82) is 0 Å². The minimum Gasteiger partial charge on any atom is -0.492 e. The van der Waals surface area contributed by atoms with Gasteiger partial charge in [0.2, 0.25) is 5.91 Å². The van der Waals surface area contributed by atoms with Gasteiger partial charge in [-0.3, -0.25) is 4.79 Å². The molecule has 8 heteroatoms. The highest BCUT2D eigenvalue weighted by Crippen LogP contribution is 2.15. The molecule has 6 nitrogen and oxygen atoms in total. The van der Waals surface area contributed by atoms with Gasteiger partial charge in [-0.1, -0.05) is 11.6 Å². The first-order chi connectivity index (χ1) is 10.2. The van der Waals surface area contributed by atoms with Gasteiger partial charge in [-0.15, -0.1) is 0 Å². The first kappa shape index (κ1) is 18.7. The molecule has 1 aromatic carbocycles. The average molecular weight is 349 g/mol. The second-order valence-electron chi connectivity index (χ2n) is 5.09. The summed E-state index contributed by atoms with van der Waals surface area (Å²) >= 11 is 5.77. The first-order valence-electron chi connectivity index (χ1n) is 6.75. The summed E-state index contributed by atoms with van der Waals surface area (Å²) in [4.78, 5) is 13.4. The second-order valence-corrected chi connectivity index (χ2v) is 7.78. The Labute approximate surface area is 136 Å². The number of nitrogens with zero attached hydrogens (tertiary/aromatic N) is 1. The van der Waals surface area contributed by atoms with E-state index in [0.29, 0.717) is 23.9 Å². The zero-order chi connectivity index (χ0) is 16.8. The molecule has 1 aromatic rings. The fourth-order valence-corrected chi connectivity index (χ4v) is 2.50. The molecule has 0 aliphatic rings. The van der Waals surface area contributed by atoms with Crippen LogP contribution in [0.2, 0.25) is 5.02 Å². The monoisotopic (exact) mass is 348 g/mol. The van der Waals surface area contributed by atoms with E-state index in [1.807, 2.05) is 0 Å². The lowest BCUT2D eigenvalue weighted by molar-refractivity contribution is -0.131. The highest BCUT2D eigenvalue weighted by Gasteiger charge is 2.19. The number of carbonyl (C=O) groups is 1. The van der Waals surface area contributed by atoms with E-state index in [2.05, 4.69) is 0 Å². The van der Waals surface area contributed by atoms with Crippen molar-refractivity contribution in [3.8, 4) is 5.75 Å². The van der Waals surface area contributed by atoms with Crippen molar-refractivity contribution in [3.05, 3.63) is 29.3 Å². The molecule has 2 N–H and O–H groups in total. The SMILES string of the molecule is CN(CCOc1ccc(Cl)cc1)C(=O)C(N)CCS(C)(=O)=O. The number of halogens is 1. The molecule has 0 saturated carbocycles. The maximum absolute atomic E-state index is 12.0. The van der Waals surface area contributed by atoms with E-state index in [1.165, 1.54) is 4.90 Å². The van der Waals surface area contributed by atoms with Gasteiger partial charge in [0.05, 0.1) is 18.3 Å². The zero-order valence-electron chi connectivity index (χ0n) is 12.7. The van der Waals surface area contributed by atoms with E-state index < -0.39 is 15.9 Å². The molecule has 124 valence electrons. The molecule has 0 radical (unpaired) electrons. The molecule has 0 heterocycles. The molecule has 22 heavy (non-hydrogen) atoms. The summed E-state index contributed by atoms with van der Waals surface area (Å²) in [5, 5.41) is 0.622. The molecule has 1 amide bonds. The smallest absolute Gasteiger partial charge is 0.239 e. The molecular weight excluding hydrogens is 328 g/mol. The third-order valence-corrected chi connectivity index (χ3v) is 4.23. The Morgan fingerprint density at radius 2 is 1.95 bits per heavy atom. The Hall–Kier alpha value is -1.31. The van der Waals surface area contributed by atoms with Crippen LogP contribution in [0.4, 0.5) is 0 Å². The number of carbonyl (C=O) groups excluding carboxylic acids is 1. The molecule has 0 aliphatic heterocycles. The standard InChI is InChI=1S/C14H21ClN2O4S/c1-17(14(18)13(16)7-10-22(2,19)20)8-9-21-12-5-3-11(15)4-6-12/h3-6,13H,7-10,16H2,1-2H3. The van der Waals surface area contributed by atoms with Crippen molar-refractivity contribution < 1.29 is 17.9 Å². The van der Waals surface area contributed by atoms with Crippen LogP contribution in [-0.2, 0) is 14.6 Å². The number of nitrogens with two attached hydrogens (primary N) is 1. The second kappa shape index (κ2) is 8.36. The molecule has 0 bridgehead atoms. The predicted octanol–water partition coefficient (Wildman–Crippen LogP) is 0.939. The van der Waals surface area contributed by atoms with Gasteiger partial charge < -0.3 is 15.4 Å². The van der Waals surface area contributed by atoms with Crippen LogP contribution in [0, 0.1) is 0 Å². The molecule has 0 aliphatic carbocycles. The van der Waals surface area contributed by atoms with E-state index in [0.717, 1.165) is 6.26 Å². The van der Waals surface area contributed by atoms with Gasteiger partial charge in [0, 0.05) is 18.3 Å². The lowest BCUT2D eigenvalue weighted by atomic mass is 10.2. The quantitative estimate of drug-likeness (QED) is 0.755. The number of amides is 1. The minimum atomic E-state index is -3.12. The lowest BCUT2D eigenvalue weighted by Gasteiger charge is -2.21. The summed E-state index contributed by atoms with van der Waals surface area (Å²) in [6, 6.07) is 6.08. The number of ether oxygens (including phenoxy) is 1. The van der Waals surface area contributed by atoms with Gasteiger partial charge in [0.15, 0.2) is 0 Å². The fraction of sp³-hybridized carbons (Fsp3) is 0.500. The lowest BCUT2D eigenvalue weighted by Crippen LogP contribution is -2.44. The number of benzene rings is 1. The van der Waals surface area contributed by atoms with Gasteiger partial charge in [-0.25, -0.2) is 8.42 Å². The number of sulfone groups is 1. The van der Waals surface area contributed by atoms with Crippen molar-refractivity contribution >= 4 is 27.3 Å². The van der Waals surface area contributed by atoms with Crippen LogP contribution in [0.5, 0.6) is 5.75 Å². The van der Waals surface area contributed by atoms with Crippen LogP contribution in [0.1, 0.15) is 6.42 Å². The summed E-state index contributed by atoms with van der Waals surface area (Å²) in [6.45, 7) is 0.663. The highest BCUT2D eigenvalue weighted by molar-refractivity contribution is 7.90. The third kappa shape index (κ3) is 7.11. The van der Waals surface area contributed by atoms with Gasteiger partial charge in [0.25, 0.3) is 0 Å². The van der Waals surface area contributed by atoms with E-state index in [9.17, 15) is 13.2 Å². The molecule has 1 unspecified atom stereocenters. The van der Waals surface area contributed by atoms with Crippen molar-refractivity contribution in [3.63, 3.8) is 0 Å². The van der Waals surface area contributed by atoms with E-state index in [1.54, 1.807) is 31.3 Å². The molecule has 0 fully saturated rings. The van der Waals surface area contributed by atoms with Crippen LogP contribution in [0.3, 0.4) is 0 Å². The van der Waals surface area contributed by atoms with Crippen LogP contribution in [0.25, 0.3) is 0 Å². The summed E-state index contributed by atoms with van der Waals surface area (Å²) in [5.41, 5.74) is 5.71. The fourth-order valence-electron chi connectivity index (χ4n) is 1.69. The topological polar surface area (TPSA) is 89.7 Å². The third-order valence-electron chi connectivity index (χ3n) is 3.00. The summed E-state index contributed by atoms with van der Waals surface area (Å²) < 4.78 is 27.6. The molecule has 1 rings (SSSR count). The predicted molar refractivity (Wildman–Crippen MR) is 86.9 cm³/mol. The number of likely N-dealkylation sites (N-methyl/N-ethyl adjacent to an activating group) is 1. The van der Waals surface area contributed by atoms with Crippen molar-refractivity contribution in [1.82, 2.24) is 4.90 Å². The molecule has 0 aromatic heterocycles. The Morgan fingerprint density at radius 1 is 1.36 bits per heavy atom. The van der Waals surface area contributed by atoms with E-state index in [-0.39, 0.29) is 18.1 Å². The van der Waals surface area contributed by atoms with Crippen LogP contribution >= 0.6 is 11.6 Å². The van der Waals surface area contributed by atoms with Gasteiger partial charge >= 0.3 is 0 Å². The first-order valence-corrected chi connectivity index (χ1v) is 9.19. The number of hydrogen-bond acceptors (Lipinski definition) is 5. The Bertz CT molecular complexity index is 589. The normalized spacial score (nSPS) is 12.7. The summed E-state index contributed by atoms with van der Waals surface area (Å²) in [7, 11) is -1.52. The maximum atomic E-state index is 12.0. The Balaban J connectivity index is 2.35. The highest BCUT2D eigenvalue weighted by atomic mass is 35.5. The zero-order valence-corrected chi connectivity index (χ0v) is 14.2. The van der Waals surface area contributed by atoms with Gasteiger partial charge in [-0.05, 0) is 30.7 Å². The largest absolute Gasteiger partial charge is 0.492 e. The molecular formula is C14H21ClN2O4S. The number of rotatable bonds is 8. The number of hydrogen-bond donors (Lipinski definition) is 1. The maximum Gasteiger partial charge on any atom is 0.239 e. The summed E-state index contributed by atoms with van der Waals surface area (Å²) in [5.74, 6) is 0.254. The van der Waals surface area contributed by atoms with Crippen LogP contribution in [0.15, 0.2) is 24.3 Å². The van der Waals surface area contributed by atoms with Gasteiger partial charge in [-0.2, -0.15) is 0 Å². The van der Waals surface area contributed by atoms with Crippen molar-refractivity contribution in [2.45, 2.75) is 12.5 Å². The van der Waals surface area contributed by atoms with Crippen LogP contribution < -0.4 is 10.5 Å². The molecule has 0 spiro atoms. The van der Waals surface area contributed by atoms with Crippen LogP contribution in [-0.4, -0.2) is 57.5 Å². The molecule has 1 atom stereocenters. The minimum absolute atomic E-state index is 0.102. The van der Waals surface area contributed by atoms with E-state index >= 15 is 0 Å². The Kier molecular flexibility index (Phi) is 7.12. The van der Waals surface area contributed by atoms with E-state index in [4.69, 9.17) is 22.1 Å². The van der Waals surface area contributed by atoms with Crippen molar-refractivity contribution in [2.75, 3.05) is 32.2 Å². The average Bonchev–Trinajstić information content (AvgIpc) is 2.45. The van der Waals surface area contributed by atoms with Crippen molar-refractivity contribution in [2.24, 2.45) is 5.73 Å². The van der Waals surface area contributed by atoms with Gasteiger partial charge in [0.1, 0.15) is 22.2 Å². The Morgan fingerprint density at radius 3 is 2.50 bits per heavy atom.